The first-order chi connectivity index (χ1) is 26.9. The molecule has 0 aromatic rings. The van der Waals surface area contributed by atoms with Crippen molar-refractivity contribution >= 4 is 5.97 Å². The molecular formula is C50H96O8. The monoisotopic (exact) mass is 825 g/mol. The molecule has 0 aromatic carbocycles. The maximum absolute atomic E-state index is 12.9. The van der Waals surface area contributed by atoms with Crippen molar-refractivity contribution in [2.24, 2.45) is 17.8 Å². The van der Waals surface area contributed by atoms with Crippen LogP contribution in [-0.2, 0) is 33.2 Å². The van der Waals surface area contributed by atoms with Crippen LogP contribution in [0.25, 0.3) is 0 Å². The topological polar surface area (TPSA) is 92.7 Å². The molecule has 1 saturated heterocycles. The van der Waals surface area contributed by atoms with Crippen LogP contribution in [0.4, 0.5) is 0 Å². The molecule has 8 nitrogen and oxygen atoms in total. The zero-order chi connectivity index (χ0) is 44.1. The molecule has 0 spiro atoms. The summed E-state index contributed by atoms with van der Waals surface area (Å²) in [5, 5.41) is 10.5. The Labute approximate surface area is 359 Å². The highest BCUT2D eigenvalue weighted by Crippen LogP contribution is 2.50. The Hall–Kier alpha value is -1.03. The molecule has 0 radical (unpaired) electrons. The normalized spacial score (nSPS) is 19.3. The molecule has 1 aliphatic rings. The number of carbonyl (C=O) groups excluding carboxylic acids is 1. The van der Waals surface area contributed by atoms with E-state index < -0.39 is 33.6 Å². The van der Waals surface area contributed by atoms with Crippen LogP contribution in [0.1, 0.15) is 213 Å². The van der Waals surface area contributed by atoms with E-state index in [1.165, 1.54) is 57.8 Å². The lowest BCUT2D eigenvalue weighted by atomic mass is 9.65. The van der Waals surface area contributed by atoms with E-state index in [0.717, 1.165) is 25.7 Å². The highest BCUT2D eigenvalue weighted by atomic mass is 16.6. The number of rotatable bonds is 34. The van der Waals surface area contributed by atoms with Gasteiger partial charge in [0.25, 0.3) is 0 Å². The summed E-state index contributed by atoms with van der Waals surface area (Å²) in [5.74, 6) is -0.0848. The summed E-state index contributed by atoms with van der Waals surface area (Å²) < 4.78 is 39.1. The zero-order valence-electron chi connectivity index (χ0n) is 40.8. The summed E-state index contributed by atoms with van der Waals surface area (Å²) in [6.45, 7) is 33.9. The minimum Gasteiger partial charge on any atom is -0.460 e. The molecule has 344 valence electrons. The van der Waals surface area contributed by atoms with Crippen molar-refractivity contribution in [3.8, 4) is 0 Å². The van der Waals surface area contributed by atoms with Crippen LogP contribution in [0.5, 0.6) is 0 Å². The molecule has 0 amide bonds. The Balaban J connectivity index is 2.82. The molecule has 1 aliphatic heterocycles. The highest BCUT2D eigenvalue weighted by Gasteiger charge is 2.57. The lowest BCUT2D eigenvalue weighted by molar-refractivity contribution is -0.172. The molecule has 58 heavy (non-hydrogen) atoms. The van der Waals surface area contributed by atoms with Crippen LogP contribution in [0, 0.1) is 17.8 Å². The third-order valence-corrected chi connectivity index (χ3v) is 12.4. The third kappa shape index (κ3) is 22.2. The number of carbonyl (C=O) groups is 1. The SMILES string of the molecule is CCCCCCCC/C=C\CCCCCCCC(=O)OC(C)(C)CCOC(C)(C)CC(C1OCC(C(C)(C)OCC)C1C(C)(C)OCC)C(C)(C)OCCC(C)(C)O. The molecule has 1 rings (SSSR count). The quantitative estimate of drug-likeness (QED) is 0.0390. The van der Waals surface area contributed by atoms with Gasteiger partial charge in [0, 0.05) is 43.8 Å². The number of hydrogen-bond acceptors (Lipinski definition) is 8. The first-order valence-corrected chi connectivity index (χ1v) is 23.7. The van der Waals surface area contributed by atoms with E-state index in [-0.39, 0.29) is 29.8 Å². The van der Waals surface area contributed by atoms with Gasteiger partial charge in [0.2, 0.25) is 0 Å². The molecule has 1 heterocycles. The van der Waals surface area contributed by atoms with Gasteiger partial charge in [0.1, 0.15) is 5.60 Å². The summed E-state index contributed by atoms with van der Waals surface area (Å²) in [6.07, 6.45) is 22.8. The Bertz CT molecular complexity index is 1120. The Morgan fingerprint density at radius 2 is 1.17 bits per heavy atom. The summed E-state index contributed by atoms with van der Waals surface area (Å²) in [5.41, 5.74) is -3.52. The van der Waals surface area contributed by atoms with Gasteiger partial charge in [-0.25, -0.2) is 0 Å². The second-order valence-corrected chi connectivity index (χ2v) is 20.8. The van der Waals surface area contributed by atoms with Crippen molar-refractivity contribution < 1.29 is 38.3 Å². The zero-order valence-corrected chi connectivity index (χ0v) is 40.8. The molecule has 0 bridgehead atoms. The molecule has 0 saturated carbocycles. The molecule has 8 heteroatoms. The van der Waals surface area contributed by atoms with Crippen molar-refractivity contribution in [1.29, 1.82) is 0 Å². The lowest BCUT2D eigenvalue weighted by Gasteiger charge is -2.48. The van der Waals surface area contributed by atoms with Crippen LogP contribution >= 0.6 is 0 Å². The smallest absolute Gasteiger partial charge is 0.306 e. The highest BCUT2D eigenvalue weighted by molar-refractivity contribution is 5.69. The van der Waals surface area contributed by atoms with Crippen molar-refractivity contribution in [1.82, 2.24) is 0 Å². The van der Waals surface area contributed by atoms with Crippen molar-refractivity contribution in [2.75, 3.05) is 33.0 Å². The maximum atomic E-state index is 12.9. The Kier molecular flexibility index (Phi) is 25.1. The summed E-state index contributed by atoms with van der Waals surface area (Å²) in [7, 11) is 0. The average molecular weight is 825 g/mol. The van der Waals surface area contributed by atoms with E-state index >= 15 is 0 Å². The fourth-order valence-electron chi connectivity index (χ4n) is 8.82. The molecule has 4 atom stereocenters. The summed E-state index contributed by atoms with van der Waals surface area (Å²) in [6, 6.07) is 0. The van der Waals surface area contributed by atoms with Gasteiger partial charge in [-0.1, -0.05) is 70.4 Å². The predicted molar refractivity (Wildman–Crippen MR) is 241 cm³/mol. The van der Waals surface area contributed by atoms with Gasteiger partial charge in [-0.15, -0.1) is 0 Å². The number of unbranched alkanes of at least 4 members (excludes halogenated alkanes) is 11. The van der Waals surface area contributed by atoms with E-state index in [9.17, 15) is 9.90 Å². The molecule has 4 unspecified atom stereocenters. The molecule has 1 fully saturated rings. The van der Waals surface area contributed by atoms with E-state index in [1.54, 1.807) is 0 Å². The average Bonchev–Trinajstić information content (AvgIpc) is 3.55. The van der Waals surface area contributed by atoms with Gasteiger partial charge in [0.05, 0.1) is 53.9 Å². The molecule has 1 N–H and O–H groups in total. The fourth-order valence-corrected chi connectivity index (χ4v) is 8.82. The minimum atomic E-state index is -0.829. The van der Waals surface area contributed by atoms with Gasteiger partial charge in [-0.2, -0.15) is 0 Å². The summed E-state index contributed by atoms with van der Waals surface area (Å²) in [4.78, 5) is 12.9. The summed E-state index contributed by atoms with van der Waals surface area (Å²) >= 11 is 0. The van der Waals surface area contributed by atoms with Gasteiger partial charge in [-0.3, -0.25) is 4.79 Å². The first-order valence-electron chi connectivity index (χ1n) is 23.7. The minimum absolute atomic E-state index is 0.0204. The number of esters is 1. The number of hydrogen-bond donors (Lipinski definition) is 1. The maximum Gasteiger partial charge on any atom is 0.306 e. The molecular weight excluding hydrogens is 729 g/mol. The first kappa shape index (κ1) is 55.0. The van der Waals surface area contributed by atoms with E-state index in [1.807, 2.05) is 41.5 Å². The third-order valence-electron chi connectivity index (χ3n) is 12.4. The van der Waals surface area contributed by atoms with Crippen LogP contribution < -0.4 is 0 Å². The van der Waals surface area contributed by atoms with Crippen LogP contribution in [0.15, 0.2) is 12.2 Å². The Morgan fingerprint density at radius 1 is 0.655 bits per heavy atom. The second-order valence-electron chi connectivity index (χ2n) is 20.8. The van der Waals surface area contributed by atoms with Crippen LogP contribution in [-0.4, -0.2) is 83.8 Å². The van der Waals surface area contributed by atoms with Gasteiger partial charge in [-0.05, 0) is 142 Å². The molecule has 0 aliphatic carbocycles. The van der Waals surface area contributed by atoms with Gasteiger partial charge in [0.15, 0.2) is 0 Å². The fraction of sp³-hybridized carbons (Fsp3) is 0.940. The van der Waals surface area contributed by atoms with Crippen molar-refractivity contribution in [3.05, 3.63) is 12.2 Å². The lowest BCUT2D eigenvalue weighted by Crippen LogP contribution is -2.55. The standard InChI is InChI=1S/C50H96O8/c1-16-19-20-21-22-23-24-25-26-27-28-29-30-31-32-33-42(51)58-46(6,7)35-37-56-47(8,9)38-40(48(10,11)57-36-34-45(4,5)52)44-43(50(14,15)55-18-3)41(39-53-44)49(12,13)54-17-2/h25-26,40-41,43-44,52H,16-24,27-39H2,1-15H3/b26-25-. The largest absolute Gasteiger partial charge is 0.460 e. The number of ether oxygens (including phenoxy) is 6. The predicted octanol–water partition coefficient (Wildman–Crippen LogP) is 12.8. The van der Waals surface area contributed by atoms with E-state index in [0.29, 0.717) is 58.7 Å². The van der Waals surface area contributed by atoms with Gasteiger partial charge >= 0.3 is 5.97 Å². The van der Waals surface area contributed by atoms with E-state index in [4.69, 9.17) is 28.4 Å². The Morgan fingerprint density at radius 3 is 1.72 bits per heavy atom. The van der Waals surface area contributed by atoms with Crippen LogP contribution in [0.3, 0.4) is 0 Å². The second kappa shape index (κ2) is 26.4. The van der Waals surface area contributed by atoms with Crippen molar-refractivity contribution in [3.63, 3.8) is 0 Å². The number of aliphatic hydroxyl groups is 1. The van der Waals surface area contributed by atoms with Crippen molar-refractivity contribution in [2.45, 2.75) is 253 Å². The van der Waals surface area contributed by atoms with E-state index in [2.05, 4.69) is 74.5 Å². The number of allylic oxidation sites excluding steroid dienone is 2. The van der Waals surface area contributed by atoms with Gasteiger partial charge < -0.3 is 33.5 Å². The molecule has 0 aromatic heterocycles. The van der Waals surface area contributed by atoms with Crippen LogP contribution in [0.2, 0.25) is 0 Å².